The zero-order valence-electron chi connectivity index (χ0n) is 11.5. The van der Waals surface area contributed by atoms with Crippen LogP contribution in [0.3, 0.4) is 0 Å². The van der Waals surface area contributed by atoms with E-state index in [0.29, 0.717) is 0 Å². The number of amides is 1. The SMILES string of the molecule is Cc1ccc(CN2CCC[C@@H]2C(=O)N(C)C)cc1. The quantitative estimate of drug-likeness (QED) is 0.815. The van der Waals surface area contributed by atoms with Crippen LogP contribution in [0.15, 0.2) is 24.3 Å². The molecule has 3 heteroatoms. The molecule has 1 saturated heterocycles. The highest BCUT2D eigenvalue weighted by Crippen LogP contribution is 2.21. The lowest BCUT2D eigenvalue weighted by Crippen LogP contribution is -2.42. The molecule has 1 aliphatic rings. The minimum atomic E-state index is 0.0707. The molecule has 1 aromatic carbocycles. The van der Waals surface area contributed by atoms with E-state index >= 15 is 0 Å². The van der Waals surface area contributed by atoms with Gasteiger partial charge in [-0.3, -0.25) is 9.69 Å². The summed E-state index contributed by atoms with van der Waals surface area (Å²) in [6.45, 7) is 4.00. The molecule has 3 nitrogen and oxygen atoms in total. The monoisotopic (exact) mass is 246 g/mol. The van der Waals surface area contributed by atoms with Gasteiger partial charge in [-0.15, -0.1) is 0 Å². The van der Waals surface area contributed by atoms with Gasteiger partial charge in [0.1, 0.15) is 0 Å². The number of likely N-dealkylation sites (tertiary alicyclic amines) is 1. The van der Waals surface area contributed by atoms with E-state index in [0.717, 1.165) is 25.9 Å². The van der Waals surface area contributed by atoms with E-state index in [9.17, 15) is 4.79 Å². The maximum absolute atomic E-state index is 12.1. The van der Waals surface area contributed by atoms with Crippen LogP contribution in [0.1, 0.15) is 24.0 Å². The van der Waals surface area contributed by atoms with Crippen molar-refractivity contribution in [2.45, 2.75) is 32.4 Å². The second-order valence-corrected chi connectivity index (χ2v) is 5.35. The molecule has 0 radical (unpaired) electrons. The van der Waals surface area contributed by atoms with Gasteiger partial charge in [0, 0.05) is 20.6 Å². The minimum absolute atomic E-state index is 0.0707. The summed E-state index contributed by atoms with van der Waals surface area (Å²) in [5, 5.41) is 0. The van der Waals surface area contributed by atoms with E-state index in [4.69, 9.17) is 0 Å². The molecule has 2 rings (SSSR count). The summed E-state index contributed by atoms with van der Waals surface area (Å²) in [4.78, 5) is 16.1. The number of nitrogens with zero attached hydrogens (tertiary/aromatic N) is 2. The fourth-order valence-corrected chi connectivity index (χ4v) is 2.52. The molecule has 0 N–H and O–H groups in total. The molecular weight excluding hydrogens is 224 g/mol. The molecule has 0 aliphatic carbocycles. The fourth-order valence-electron chi connectivity index (χ4n) is 2.52. The van der Waals surface area contributed by atoms with Crippen LogP contribution in [-0.4, -0.2) is 42.4 Å². The summed E-state index contributed by atoms with van der Waals surface area (Å²) < 4.78 is 0. The molecule has 0 saturated carbocycles. The normalized spacial score (nSPS) is 20.1. The highest BCUT2D eigenvalue weighted by Gasteiger charge is 2.31. The van der Waals surface area contributed by atoms with Gasteiger partial charge >= 0.3 is 0 Å². The molecular formula is C15H22N2O. The van der Waals surface area contributed by atoms with Crippen LogP contribution in [0.5, 0.6) is 0 Å². The fraction of sp³-hybridized carbons (Fsp3) is 0.533. The van der Waals surface area contributed by atoms with Gasteiger partial charge in [0.15, 0.2) is 0 Å². The Balaban J connectivity index is 2.04. The molecule has 0 spiro atoms. The van der Waals surface area contributed by atoms with E-state index < -0.39 is 0 Å². The lowest BCUT2D eigenvalue weighted by atomic mass is 10.1. The predicted octanol–water partition coefficient (Wildman–Crippen LogP) is 2.05. The number of carbonyl (C=O) groups is 1. The number of hydrogen-bond donors (Lipinski definition) is 0. The second-order valence-electron chi connectivity index (χ2n) is 5.35. The van der Waals surface area contributed by atoms with Gasteiger partial charge in [0.05, 0.1) is 6.04 Å². The first kappa shape index (κ1) is 13.1. The van der Waals surface area contributed by atoms with Crippen molar-refractivity contribution in [3.05, 3.63) is 35.4 Å². The third-order valence-corrected chi connectivity index (χ3v) is 3.60. The summed E-state index contributed by atoms with van der Waals surface area (Å²) in [5.41, 5.74) is 2.57. The number of carbonyl (C=O) groups excluding carboxylic acids is 1. The van der Waals surface area contributed by atoms with Gasteiger partial charge in [0.25, 0.3) is 0 Å². The highest BCUT2D eigenvalue weighted by atomic mass is 16.2. The lowest BCUT2D eigenvalue weighted by molar-refractivity contribution is -0.133. The molecule has 0 unspecified atom stereocenters. The Bertz CT molecular complexity index is 411. The zero-order valence-corrected chi connectivity index (χ0v) is 11.5. The van der Waals surface area contributed by atoms with Crippen LogP contribution in [0.25, 0.3) is 0 Å². The van der Waals surface area contributed by atoms with E-state index in [1.807, 2.05) is 14.1 Å². The van der Waals surface area contributed by atoms with Crippen molar-refractivity contribution in [2.75, 3.05) is 20.6 Å². The Morgan fingerprint density at radius 2 is 2.00 bits per heavy atom. The van der Waals surface area contributed by atoms with Crippen LogP contribution in [0.4, 0.5) is 0 Å². The van der Waals surface area contributed by atoms with E-state index in [1.165, 1.54) is 11.1 Å². The highest BCUT2D eigenvalue weighted by molar-refractivity contribution is 5.81. The number of benzene rings is 1. The maximum Gasteiger partial charge on any atom is 0.239 e. The van der Waals surface area contributed by atoms with E-state index in [1.54, 1.807) is 4.90 Å². The van der Waals surface area contributed by atoms with Crippen molar-refractivity contribution >= 4 is 5.91 Å². The molecule has 1 aromatic rings. The van der Waals surface area contributed by atoms with Crippen LogP contribution in [-0.2, 0) is 11.3 Å². The summed E-state index contributed by atoms with van der Waals surface area (Å²) >= 11 is 0. The first-order valence-electron chi connectivity index (χ1n) is 6.58. The number of aryl methyl sites for hydroxylation is 1. The maximum atomic E-state index is 12.1. The van der Waals surface area contributed by atoms with Crippen molar-refractivity contribution in [1.29, 1.82) is 0 Å². The molecule has 1 atom stereocenters. The van der Waals surface area contributed by atoms with Crippen LogP contribution < -0.4 is 0 Å². The summed E-state index contributed by atoms with van der Waals surface area (Å²) in [5.74, 6) is 0.236. The van der Waals surface area contributed by atoms with Crippen molar-refractivity contribution in [3.63, 3.8) is 0 Å². The van der Waals surface area contributed by atoms with Gasteiger partial charge in [0.2, 0.25) is 5.91 Å². The number of likely N-dealkylation sites (N-methyl/N-ethyl adjacent to an activating group) is 1. The topological polar surface area (TPSA) is 23.6 Å². The van der Waals surface area contributed by atoms with Gasteiger partial charge < -0.3 is 4.90 Å². The first-order valence-corrected chi connectivity index (χ1v) is 6.58. The standard InChI is InChI=1S/C15H22N2O/c1-12-6-8-13(9-7-12)11-17-10-4-5-14(17)15(18)16(2)3/h6-9,14H,4-5,10-11H2,1-3H3/t14-/m1/s1. The van der Waals surface area contributed by atoms with Gasteiger partial charge in [-0.25, -0.2) is 0 Å². The molecule has 1 fully saturated rings. The molecule has 0 bridgehead atoms. The molecule has 1 aliphatic heterocycles. The Morgan fingerprint density at radius 1 is 1.33 bits per heavy atom. The van der Waals surface area contributed by atoms with Crippen molar-refractivity contribution in [1.82, 2.24) is 9.80 Å². The van der Waals surface area contributed by atoms with Crippen LogP contribution in [0.2, 0.25) is 0 Å². The van der Waals surface area contributed by atoms with Gasteiger partial charge in [-0.2, -0.15) is 0 Å². The summed E-state index contributed by atoms with van der Waals surface area (Å²) in [6.07, 6.45) is 2.11. The first-order chi connectivity index (χ1) is 8.58. The Hall–Kier alpha value is -1.35. The van der Waals surface area contributed by atoms with Crippen molar-refractivity contribution in [2.24, 2.45) is 0 Å². The van der Waals surface area contributed by atoms with E-state index in [2.05, 4.69) is 36.1 Å². The molecule has 1 amide bonds. The lowest BCUT2D eigenvalue weighted by Gasteiger charge is -2.26. The number of rotatable bonds is 3. The Morgan fingerprint density at radius 3 is 2.61 bits per heavy atom. The Labute approximate surface area is 109 Å². The zero-order chi connectivity index (χ0) is 13.1. The third-order valence-electron chi connectivity index (χ3n) is 3.60. The van der Waals surface area contributed by atoms with Crippen LogP contribution >= 0.6 is 0 Å². The summed E-state index contributed by atoms with van der Waals surface area (Å²) in [6, 6.07) is 8.65. The van der Waals surface area contributed by atoms with Crippen LogP contribution in [0, 0.1) is 6.92 Å². The van der Waals surface area contributed by atoms with Crippen molar-refractivity contribution < 1.29 is 4.79 Å². The predicted molar refractivity (Wildman–Crippen MR) is 73.3 cm³/mol. The molecule has 1 heterocycles. The minimum Gasteiger partial charge on any atom is -0.347 e. The number of hydrogen-bond acceptors (Lipinski definition) is 2. The average molecular weight is 246 g/mol. The molecule has 0 aromatic heterocycles. The molecule has 98 valence electrons. The van der Waals surface area contributed by atoms with Crippen molar-refractivity contribution in [3.8, 4) is 0 Å². The van der Waals surface area contributed by atoms with Gasteiger partial charge in [-0.05, 0) is 31.9 Å². The molecule has 18 heavy (non-hydrogen) atoms. The third kappa shape index (κ3) is 2.91. The Kier molecular flexibility index (Phi) is 4.02. The van der Waals surface area contributed by atoms with Gasteiger partial charge in [-0.1, -0.05) is 29.8 Å². The summed E-state index contributed by atoms with van der Waals surface area (Å²) in [7, 11) is 3.68. The van der Waals surface area contributed by atoms with E-state index in [-0.39, 0.29) is 11.9 Å². The average Bonchev–Trinajstić information content (AvgIpc) is 2.79. The largest absolute Gasteiger partial charge is 0.347 e. The second kappa shape index (κ2) is 5.53. The smallest absolute Gasteiger partial charge is 0.239 e.